The summed E-state index contributed by atoms with van der Waals surface area (Å²) in [6.07, 6.45) is 0. The van der Waals surface area contributed by atoms with Crippen LogP contribution in [0.1, 0.15) is 37.9 Å². The molecule has 1 fully saturated rings. The van der Waals surface area contributed by atoms with Gasteiger partial charge in [-0.15, -0.1) is 12.4 Å². The van der Waals surface area contributed by atoms with Crippen molar-refractivity contribution in [3.8, 4) is 0 Å². The van der Waals surface area contributed by atoms with E-state index >= 15 is 0 Å². The third kappa shape index (κ3) is 5.85. The minimum atomic E-state index is -0.726. The Hall–Kier alpha value is -3.75. The number of piperazine rings is 1. The van der Waals surface area contributed by atoms with E-state index in [1.165, 1.54) is 30.4 Å². The molecule has 4 rings (SSSR count). The molecule has 1 heterocycles. The predicted molar refractivity (Wildman–Crippen MR) is 134 cm³/mol. The number of ether oxygens (including phenoxy) is 1. The fourth-order valence-corrected chi connectivity index (χ4v) is 4.33. The highest BCUT2D eigenvalue weighted by Crippen LogP contribution is 2.30. The topological polar surface area (TPSA) is 93.0 Å². The van der Waals surface area contributed by atoms with Crippen molar-refractivity contribution in [3.05, 3.63) is 111 Å². The zero-order valence-electron chi connectivity index (χ0n) is 19.2. The molecule has 0 N–H and O–H groups in total. The molecular weight excluding hydrogens is 470 g/mol. The Morgan fingerprint density at radius 3 is 1.86 bits per heavy atom. The second kappa shape index (κ2) is 11.6. The molecule has 1 amide bonds. The van der Waals surface area contributed by atoms with Crippen molar-refractivity contribution in [2.45, 2.75) is 6.04 Å². The molecule has 1 aliphatic rings. The number of esters is 1. The number of methoxy groups -OCH3 is 1. The maximum Gasteiger partial charge on any atom is 0.338 e. The highest BCUT2D eigenvalue weighted by molar-refractivity contribution is 5.99. The summed E-state index contributed by atoms with van der Waals surface area (Å²) in [4.78, 5) is 39.8. The normalized spacial score (nSPS) is 13.7. The maximum atomic E-state index is 13.2. The lowest BCUT2D eigenvalue weighted by Crippen LogP contribution is -2.49. The summed E-state index contributed by atoms with van der Waals surface area (Å²) in [7, 11) is 1.19. The number of benzene rings is 3. The van der Waals surface area contributed by atoms with Crippen LogP contribution < -0.4 is 0 Å². The van der Waals surface area contributed by atoms with Gasteiger partial charge >= 0.3 is 5.97 Å². The summed E-state index contributed by atoms with van der Waals surface area (Å²) in [6.45, 7) is 2.20. The number of nitrogens with zero attached hydrogens (tertiary/aromatic N) is 3. The Kier molecular flexibility index (Phi) is 8.57. The molecule has 0 bridgehead atoms. The molecule has 0 aliphatic carbocycles. The maximum absolute atomic E-state index is 13.2. The molecule has 8 nitrogen and oxygen atoms in total. The Balaban J connectivity index is 0.00000342. The summed E-state index contributed by atoms with van der Waals surface area (Å²) in [6, 6.07) is 24.2. The van der Waals surface area contributed by atoms with E-state index in [1.807, 2.05) is 36.4 Å². The molecule has 0 radical (unpaired) electrons. The number of hydrogen-bond donors (Lipinski definition) is 0. The van der Waals surface area contributed by atoms with Gasteiger partial charge in [0.15, 0.2) is 0 Å². The number of nitro benzene ring substituents is 1. The van der Waals surface area contributed by atoms with E-state index in [0.29, 0.717) is 26.2 Å². The van der Waals surface area contributed by atoms with Crippen molar-refractivity contribution in [2.24, 2.45) is 0 Å². The first-order chi connectivity index (χ1) is 16.5. The summed E-state index contributed by atoms with van der Waals surface area (Å²) in [5.74, 6) is -1.07. The van der Waals surface area contributed by atoms with Crippen LogP contribution in [-0.4, -0.2) is 59.9 Å². The van der Waals surface area contributed by atoms with Gasteiger partial charge in [-0.2, -0.15) is 0 Å². The Bertz CT molecular complexity index is 1140. The first-order valence-corrected chi connectivity index (χ1v) is 11.0. The number of amides is 1. The van der Waals surface area contributed by atoms with E-state index in [-0.39, 0.29) is 41.2 Å². The predicted octanol–water partition coefficient (Wildman–Crippen LogP) is 4.35. The summed E-state index contributed by atoms with van der Waals surface area (Å²) >= 11 is 0. The van der Waals surface area contributed by atoms with Gasteiger partial charge in [0.05, 0.1) is 23.6 Å². The van der Waals surface area contributed by atoms with Crippen molar-refractivity contribution < 1.29 is 19.2 Å². The number of halogens is 1. The number of carbonyl (C=O) groups excluding carboxylic acids is 2. The number of hydrogen-bond acceptors (Lipinski definition) is 6. The zero-order chi connectivity index (χ0) is 24.1. The Labute approximate surface area is 209 Å². The van der Waals surface area contributed by atoms with Gasteiger partial charge in [0.2, 0.25) is 0 Å². The fraction of sp³-hybridized carbons (Fsp3) is 0.231. The van der Waals surface area contributed by atoms with Gasteiger partial charge in [-0.3, -0.25) is 19.8 Å². The quantitative estimate of drug-likeness (QED) is 0.287. The third-order valence-electron chi connectivity index (χ3n) is 5.99. The Morgan fingerprint density at radius 2 is 1.37 bits per heavy atom. The zero-order valence-corrected chi connectivity index (χ0v) is 20.0. The molecule has 0 atom stereocenters. The lowest BCUT2D eigenvalue weighted by atomic mass is 9.96. The van der Waals surface area contributed by atoms with Crippen LogP contribution in [0, 0.1) is 10.1 Å². The summed E-state index contributed by atoms with van der Waals surface area (Å²) < 4.78 is 4.68. The lowest BCUT2D eigenvalue weighted by molar-refractivity contribution is -0.384. The van der Waals surface area contributed by atoms with Gasteiger partial charge < -0.3 is 9.64 Å². The fourth-order valence-electron chi connectivity index (χ4n) is 4.33. The van der Waals surface area contributed by atoms with Gasteiger partial charge in [0.1, 0.15) is 0 Å². The van der Waals surface area contributed by atoms with Crippen LogP contribution >= 0.6 is 12.4 Å². The van der Waals surface area contributed by atoms with Crippen molar-refractivity contribution >= 4 is 30.0 Å². The van der Waals surface area contributed by atoms with Crippen LogP contribution in [0.2, 0.25) is 0 Å². The van der Waals surface area contributed by atoms with E-state index in [0.717, 1.165) is 6.07 Å². The molecule has 9 heteroatoms. The average molecular weight is 496 g/mol. The molecule has 0 unspecified atom stereocenters. The van der Waals surface area contributed by atoms with E-state index in [2.05, 4.69) is 33.9 Å². The molecule has 3 aromatic rings. The van der Waals surface area contributed by atoms with Crippen LogP contribution in [0.25, 0.3) is 0 Å². The molecule has 0 spiro atoms. The van der Waals surface area contributed by atoms with Gasteiger partial charge in [-0.25, -0.2) is 4.79 Å². The number of rotatable bonds is 6. The van der Waals surface area contributed by atoms with Crippen LogP contribution in [0.3, 0.4) is 0 Å². The van der Waals surface area contributed by atoms with Gasteiger partial charge in [-0.05, 0) is 17.2 Å². The first-order valence-electron chi connectivity index (χ1n) is 11.0. The number of carbonyl (C=O) groups is 2. The highest BCUT2D eigenvalue weighted by Gasteiger charge is 2.29. The molecule has 0 aromatic heterocycles. The van der Waals surface area contributed by atoms with Crippen molar-refractivity contribution in [1.82, 2.24) is 9.80 Å². The molecule has 1 saturated heterocycles. The second-order valence-electron chi connectivity index (χ2n) is 8.07. The highest BCUT2D eigenvalue weighted by atomic mass is 35.5. The monoisotopic (exact) mass is 495 g/mol. The number of non-ortho nitro benzene ring substituents is 1. The van der Waals surface area contributed by atoms with E-state index in [4.69, 9.17) is 0 Å². The first kappa shape index (κ1) is 25.9. The van der Waals surface area contributed by atoms with E-state index in [9.17, 15) is 19.7 Å². The van der Waals surface area contributed by atoms with Gasteiger partial charge in [-0.1, -0.05) is 60.7 Å². The molecule has 35 heavy (non-hydrogen) atoms. The molecule has 3 aromatic carbocycles. The second-order valence-corrected chi connectivity index (χ2v) is 8.07. The standard InChI is InChI=1S/C26H25N3O5.ClH/c1-34-26(31)22-16-21(17-23(18-22)29(32)33)25(30)28-14-12-27(13-15-28)24(19-8-4-2-5-9-19)20-10-6-3-7-11-20;/h2-11,16-18,24H,12-15H2,1H3;1H. The summed E-state index contributed by atoms with van der Waals surface area (Å²) in [5.41, 5.74) is 2.11. The molecular formula is C26H26ClN3O5. The summed E-state index contributed by atoms with van der Waals surface area (Å²) in [5, 5.41) is 11.3. The average Bonchev–Trinajstić information content (AvgIpc) is 2.89. The lowest BCUT2D eigenvalue weighted by Gasteiger charge is -2.39. The Morgan fingerprint density at radius 1 is 0.857 bits per heavy atom. The van der Waals surface area contributed by atoms with Crippen molar-refractivity contribution in [3.63, 3.8) is 0 Å². The van der Waals surface area contributed by atoms with Crippen molar-refractivity contribution in [1.29, 1.82) is 0 Å². The largest absolute Gasteiger partial charge is 0.465 e. The third-order valence-corrected chi connectivity index (χ3v) is 5.99. The van der Waals surface area contributed by atoms with Crippen LogP contribution in [0.15, 0.2) is 78.9 Å². The van der Waals surface area contributed by atoms with E-state index < -0.39 is 10.9 Å². The SMILES string of the molecule is COC(=O)c1cc(C(=O)N2CCN(C(c3ccccc3)c3ccccc3)CC2)cc([N+](=O)[O-])c1.Cl. The van der Waals surface area contributed by atoms with Gasteiger partial charge in [0, 0.05) is 43.9 Å². The van der Waals surface area contributed by atoms with Crippen LogP contribution in [-0.2, 0) is 4.74 Å². The molecule has 182 valence electrons. The van der Waals surface area contributed by atoms with Gasteiger partial charge in [0.25, 0.3) is 11.6 Å². The number of nitro groups is 1. The van der Waals surface area contributed by atoms with Crippen LogP contribution in [0.5, 0.6) is 0 Å². The minimum absolute atomic E-state index is 0. The van der Waals surface area contributed by atoms with E-state index in [1.54, 1.807) is 4.90 Å². The smallest absolute Gasteiger partial charge is 0.338 e. The molecule has 0 saturated carbocycles. The molecule has 1 aliphatic heterocycles. The van der Waals surface area contributed by atoms with Crippen LogP contribution in [0.4, 0.5) is 5.69 Å². The van der Waals surface area contributed by atoms with Crippen molar-refractivity contribution in [2.75, 3.05) is 33.3 Å². The minimum Gasteiger partial charge on any atom is -0.465 e.